The van der Waals surface area contributed by atoms with Crippen LogP contribution in [-0.4, -0.2) is 50.4 Å². The molecule has 1 amide bonds. The van der Waals surface area contributed by atoms with E-state index in [1.807, 2.05) is 6.92 Å². The van der Waals surface area contributed by atoms with Crippen molar-refractivity contribution in [3.05, 3.63) is 29.3 Å². The number of rotatable bonds is 6. The van der Waals surface area contributed by atoms with Crippen LogP contribution in [0.2, 0.25) is 5.02 Å². The van der Waals surface area contributed by atoms with Crippen LogP contribution < -0.4 is 10.0 Å². The smallest absolute Gasteiger partial charge is 0.240 e. The van der Waals surface area contributed by atoms with Crippen molar-refractivity contribution in [2.75, 3.05) is 13.1 Å². The number of carbonyl (C=O) groups excluding carboxylic acids is 1. The number of benzene rings is 1. The first-order chi connectivity index (χ1) is 14.2. The van der Waals surface area contributed by atoms with Crippen LogP contribution in [0.5, 0.6) is 0 Å². The zero-order chi connectivity index (χ0) is 21.9. The zero-order valence-electron chi connectivity index (χ0n) is 18.1. The molecule has 0 bridgehead atoms. The predicted molar refractivity (Wildman–Crippen MR) is 120 cm³/mol. The number of nitrogens with one attached hydrogen (secondary N) is 2. The molecule has 2 fully saturated rings. The summed E-state index contributed by atoms with van der Waals surface area (Å²) < 4.78 is 28.0. The standard InChI is InChI=1S/C22H34ClN3O3S/c1-15-5-4-6-21(16(15)2)24-22(27)17(3)26-13-11-19(12-14-26)25-30(28,29)20-9-7-18(23)8-10-20/h7-10,15-17,19,21,25H,4-6,11-14H2,1-3H3,(H,24,27). The molecule has 4 unspecified atom stereocenters. The van der Waals surface area contributed by atoms with Gasteiger partial charge in [0.1, 0.15) is 0 Å². The quantitative estimate of drug-likeness (QED) is 0.688. The van der Waals surface area contributed by atoms with Crippen LogP contribution in [-0.2, 0) is 14.8 Å². The summed E-state index contributed by atoms with van der Waals surface area (Å²) in [4.78, 5) is 15.2. The lowest BCUT2D eigenvalue weighted by atomic mass is 9.78. The number of halogens is 1. The van der Waals surface area contributed by atoms with Crippen LogP contribution in [0.15, 0.2) is 29.2 Å². The maximum Gasteiger partial charge on any atom is 0.240 e. The van der Waals surface area contributed by atoms with Gasteiger partial charge in [0.05, 0.1) is 10.9 Å². The fourth-order valence-electron chi connectivity index (χ4n) is 4.56. The highest BCUT2D eigenvalue weighted by Gasteiger charge is 2.32. The first-order valence-electron chi connectivity index (χ1n) is 11.0. The Morgan fingerprint density at radius 1 is 1.10 bits per heavy atom. The van der Waals surface area contributed by atoms with E-state index in [4.69, 9.17) is 11.6 Å². The van der Waals surface area contributed by atoms with Gasteiger partial charge in [-0.1, -0.05) is 38.3 Å². The monoisotopic (exact) mass is 455 g/mol. The minimum atomic E-state index is -3.57. The van der Waals surface area contributed by atoms with Gasteiger partial charge in [-0.05, 0) is 62.3 Å². The second kappa shape index (κ2) is 9.98. The maximum absolute atomic E-state index is 12.8. The minimum absolute atomic E-state index is 0.0844. The molecule has 1 saturated heterocycles. The Morgan fingerprint density at radius 2 is 1.73 bits per heavy atom. The van der Waals surface area contributed by atoms with Crippen molar-refractivity contribution >= 4 is 27.5 Å². The summed E-state index contributed by atoms with van der Waals surface area (Å²) >= 11 is 5.85. The second-order valence-corrected chi connectivity index (χ2v) is 11.1. The summed E-state index contributed by atoms with van der Waals surface area (Å²) in [6.07, 6.45) is 4.83. The van der Waals surface area contributed by atoms with Gasteiger partial charge in [-0.15, -0.1) is 0 Å². The Morgan fingerprint density at radius 3 is 2.37 bits per heavy atom. The molecule has 8 heteroatoms. The molecule has 1 aromatic carbocycles. The fourth-order valence-corrected chi connectivity index (χ4v) is 5.99. The summed E-state index contributed by atoms with van der Waals surface area (Å²) in [5, 5.41) is 3.77. The minimum Gasteiger partial charge on any atom is -0.352 e. The van der Waals surface area contributed by atoms with Gasteiger partial charge in [0.2, 0.25) is 15.9 Å². The van der Waals surface area contributed by atoms with E-state index in [2.05, 4.69) is 28.8 Å². The van der Waals surface area contributed by atoms with Crippen molar-refractivity contribution in [1.82, 2.24) is 14.9 Å². The summed E-state index contributed by atoms with van der Waals surface area (Å²) in [5.74, 6) is 1.23. The molecule has 3 rings (SSSR count). The first kappa shape index (κ1) is 23.5. The van der Waals surface area contributed by atoms with Gasteiger partial charge in [-0.2, -0.15) is 0 Å². The number of piperidine rings is 1. The Balaban J connectivity index is 1.49. The zero-order valence-corrected chi connectivity index (χ0v) is 19.7. The largest absolute Gasteiger partial charge is 0.352 e. The lowest BCUT2D eigenvalue weighted by Crippen LogP contribution is -2.54. The molecule has 4 atom stereocenters. The number of sulfonamides is 1. The van der Waals surface area contributed by atoms with E-state index < -0.39 is 10.0 Å². The lowest BCUT2D eigenvalue weighted by Gasteiger charge is -2.38. The van der Waals surface area contributed by atoms with Crippen LogP contribution in [0, 0.1) is 11.8 Å². The number of hydrogen-bond donors (Lipinski definition) is 2. The van der Waals surface area contributed by atoms with E-state index in [0.29, 0.717) is 42.8 Å². The van der Waals surface area contributed by atoms with Crippen molar-refractivity contribution in [1.29, 1.82) is 0 Å². The molecular formula is C22H34ClN3O3S. The van der Waals surface area contributed by atoms with Gasteiger partial charge in [0.15, 0.2) is 0 Å². The highest BCUT2D eigenvalue weighted by Crippen LogP contribution is 2.29. The molecule has 0 radical (unpaired) electrons. The average molecular weight is 456 g/mol. The van der Waals surface area contributed by atoms with Crippen LogP contribution >= 0.6 is 11.6 Å². The lowest BCUT2D eigenvalue weighted by molar-refractivity contribution is -0.127. The van der Waals surface area contributed by atoms with Crippen molar-refractivity contribution in [3.63, 3.8) is 0 Å². The SMILES string of the molecule is CC1CCCC(NC(=O)C(C)N2CCC(NS(=O)(=O)c3ccc(Cl)cc3)CC2)C1C. The molecule has 6 nitrogen and oxygen atoms in total. The van der Waals surface area contributed by atoms with Gasteiger partial charge in [-0.3, -0.25) is 9.69 Å². The predicted octanol–water partition coefficient (Wildman–Crippen LogP) is 3.41. The normalized spacial score (nSPS) is 27.5. The molecule has 1 saturated carbocycles. The van der Waals surface area contributed by atoms with Crippen molar-refractivity contribution in [2.24, 2.45) is 11.8 Å². The third-order valence-electron chi connectivity index (χ3n) is 6.94. The third-order valence-corrected chi connectivity index (χ3v) is 8.73. The summed E-state index contributed by atoms with van der Waals surface area (Å²) in [7, 11) is -3.57. The summed E-state index contributed by atoms with van der Waals surface area (Å²) in [6.45, 7) is 7.84. The molecule has 0 spiro atoms. The van der Waals surface area contributed by atoms with Crippen LogP contribution in [0.25, 0.3) is 0 Å². The highest BCUT2D eigenvalue weighted by atomic mass is 35.5. The fraction of sp³-hybridized carbons (Fsp3) is 0.682. The molecule has 1 heterocycles. The van der Waals surface area contributed by atoms with E-state index in [0.717, 1.165) is 6.42 Å². The van der Waals surface area contributed by atoms with Gasteiger partial charge < -0.3 is 5.32 Å². The van der Waals surface area contributed by atoms with Crippen molar-refractivity contribution in [3.8, 4) is 0 Å². The highest BCUT2D eigenvalue weighted by molar-refractivity contribution is 7.89. The van der Waals surface area contributed by atoms with E-state index in [1.165, 1.54) is 25.0 Å². The Hall–Kier alpha value is -1.15. The number of amides is 1. The van der Waals surface area contributed by atoms with Crippen molar-refractivity contribution < 1.29 is 13.2 Å². The number of nitrogens with zero attached hydrogens (tertiary/aromatic N) is 1. The molecule has 1 aromatic rings. The molecule has 168 valence electrons. The third kappa shape index (κ3) is 5.75. The van der Waals surface area contributed by atoms with Gasteiger partial charge >= 0.3 is 0 Å². The first-order valence-corrected chi connectivity index (χ1v) is 12.9. The molecule has 2 aliphatic rings. The maximum atomic E-state index is 12.8. The summed E-state index contributed by atoms with van der Waals surface area (Å²) in [6, 6.07) is 6.10. The molecule has 1 aliphatic heterocycles. The molecule has 1 aliphatic carbocycles. The van der Waals surface area contributed by atoms with Crippen LogP contribution in [0.4, 0.5) is 0 Å². The molecule has 30 heavy (non-hydrogen) atoms. The van der Waals surface area contributed by atoms with Gasteiger partial charge in [0.25, 0.3) is 0 Å². The molecular weight excluding hydrogens is 422 g/mol. The van der Waals surface area contributed by atoms with Gasteiger partial charge in [-0.25, -0.2) is 13.1 Å². The second-order valence-electron chi connectivity index (χ2n) is 8.94. The van der Waals surface area contributed by atoms with E-state index >= 15 is 0 Å². The van der Waals surface area contributed by atoms with Crippen LogP contribution in [0.1, 0.15) is 52.9 Å². The van der Waals surface area contributed by atoms with E-state index in [1.54, 1.807) is 12.1 Å². The Kier molecular flexibility index (Phi) is 7.82. The van der Waals surface area contributed by atoms with E-state index in [9.17, 15) is 13.2 Å². The number of likely N-dealkylation sites (tertiary alicyclic amines) is 1. The number of carbonyl (C=O) groups is 1. The topological polar surface area (TPSA) is 78.5 Å². The number of hydrogen-bond acceptors (Lipinski definition) is 4. The Bertz CT molecular complexity index is 823. The molecule has 0 aromatic heterocycles. The Labute approximate surface area is 185 Å². The average Bonchev–Trinajstić information content (AvgIpc) is 2.71. The van der Waals surface area contributed by atoms with Crippen LogP contribution in [0.3, 0.4) is 0 Å². The van der Waals surface area contributed by atoms with Gasteiger partial charge in [0, 0.05) is 30.2 Å². The van der Waals surface area contributed by atoms with Crippen molar-refractivity contribution in [2.45, 2.75) is 75.9 Å². The summed E-state index contributed by atoms with van der Waals surface area (Å²) in [5.41, 5.74) is 0. The molecule has 2 N–H and O–H groups in total. The van der Waals surface area contributed by atoms with E-state index in [-0.39, 0.29) is 28.9 Å².